The molecular weight excluding hydrogens is 562 g/mol. The molecule has 6 rings (SSSR count). The number of amides is 1. The van der Waals surface area contributed by atoms with E-state index in [4.69, 9.17) is 17.3 Å². The van der Waals surface area contributed by atoms with Gasteiger partial charge in [-0.3, -0.25) is 19.3 Å². The van der Waals surface area contributed by atoms with Gasteiger partial charge in [-0.25, -0.2) is 0 Å². The van der Waals surface area contributed by atoms with Crippen molar-refractivity contribution >= 4 is 29.1 Å². The van der Waals surface area contributed by atoms with Gasteiger partial charge in [0, 0.05) is 29.1 Å². The molecule has 220 valence electrons. The Morgan fingerprint density at radius 2 is 1.90 bits per heavy atom. The third kappa shape index (κ3) is 4.00. The summed E-state index contributed by atoms with van der Waals surface area (Å²) in [6.45, 7) is 1.55. The monoisotopic (exact) mass is 593 g/mol. The van der Waals surface area contributed by atoms with E-state index in [1.165, 1.54) is 13.1 Å². The number of nitrogens with zero attached hydrogens (tertiary/aromatic N) is 1. The zero-order chi connectivity index (χ0) is 30.1. The van der Waals surface area contributed by atoms with Crippen molar-refractivity contribution in [2.75, 3.05) is 13.6 Å². The molecule has 1 fully saturated rings. The zero-order valence-electron chi connectivity index (χ0n) is 22.9. The van der Waals surface area contributed by atoms with Crippen LogP contribution in [0.4, 0.5) is 0 Å². The number of carbonyl (C=O) groups is 3. The number of phenols is 1. The standard InChI is InChI=1S/C31H32ClN3O7/c1-34-25-18-11-15-10-17-22(26(37)21(15)28(39)31(18,42)29(40)23(27(25)38)30(33)41)20(36)12-16(24(17)32)19-8-5-9-35(19)13-14-6-3-2-4-7-14/h2-4,6-7,12,15,18-19,25,34,36,38-39,42H,5,8-11,13H2,1H3,(H2,33,41)/t15-,18-,19?,25-,31-/m0/s1. The Bertz CT molecular complexity index is 1590. The fraction of sp³-hybridized carbons (Fsp3) is 0.387. The largest absolute Gasteiger partial charge is 0.510 e. The van der Waals surface area contributed by atoms with Gasteiger partial charge in [0.25, 0.3) is 5.91 Å². The van der Waals surface area contributed by atoms with Crippen LogP contribution >= 0.6 is 11.6 Å². The topological polar surface area (TPSA) is 173 Å². The molecular formula is C31H32ClN3O7. The molecule has 1 amide bonds. The molecule has 42 heavy (non-hydrogen) atoms. The van der Waals surface area contributed by atoms with Gasteiger partial charge in [0.05, 0.1) is 11.6 Å². The van der Waals surface area contributed by atoms with E-state index in [9.17, 15) is 34.8 Å². The normalized spacial score (nSPS) is 29.4. The van der Waals surface area contributed by atoms with E-state index in [0.717, 1.165) is 24.9 Å². The highest BCUT2D eigenvalue weighted by atomic mass is 35.5. The first-order chi connectivity index (χ1) is 20.0. The van der Waals surface area contributed by atoms with E-state index in [1.54, 1.807) is 0 Å². The number of aliphatic hydroxyl groups excluding tert-OH is 2. The lowest BCUT2D eigenvalue weighted by Gasteiger charge is -2.48. The smallest absolute Gasteiger partial charge is 0.255 e. The first kappa shape index (κ1) is 28.4. The van der Waals surface area contributed by atoms with Gasteiger partial charge in [-0.05, 0) is 68.0 Å². The minimum atomic E-state index is -2.68. The lowest BCUT2D eigenvalue weighted by Crippen LogP contribution is -2.63. The van der Waals surface area contributed by atoms with Gasteiger partial charge < -0.3 is 31.5 Å². The number of Topliss-reactive ketones (excluding diaryl/α,β-unsaturated/α-hetero) is 2. The summed E-state index contributed by atoms with van der Waals surface area (Å²) in [5, 5.41) is 48.1. The van der Waals surface area contributed by atoms with E-state index in [2.05, 4.69) is 22.3 Å². The predicted octanol–water partition coefficient (Wildman–Crippen LogP) is 2.77. The third-order valence-electron chi connectivity index (χ3n) is 9.43. The van der Waals surface area contributed by atoms with E-state index >= 15 is 0 Å². The quantitative estimate of drug-likeness (QED) is 0.285. The van der Waals surface area contributed by atoms with Crippen LogP contribution in [0, 0.1) is 11.8 Å². The average molecular weight is 594 g/mol. The molecule has 2 aromatic carbocycles. The molecule has 0 spiro atoms. The second-order valence-electron chi connectivity index (χ2n) is 11.6. The van der Waals surface area contributed by atoms with Crippen LogP contribution in [0.15, 0.2) is 59.1 Å². The van der Waals surface area contributed by atoms with Crippen LogP contribution < -0.4 is 11.1 Å². The van der Waals surface area contributed by atoms with E-state index < -0.39 is 58.0 Å². The van der Waals surface area contributed by atoms with Gasteiger partial charge in [-0.1, -0.05) is 41.9 Å². The van der Waals surface area contributed by atoms with E-state index in [0.29, 0.717) is 22.7 Å². The number of nitrogens with two attached hydrogens (primary N) is 1. The molecule has 5 atom stereocenters. The summed E-state index contributed by atoms with van der Waals surface area (Å²) in [5.74, 6) is -6.92. The minimum Gasteiger partial charge on any atom is -0.510 e. The van der Waals surface area contributed by atoms with Gasteiger partial charge in [0.2, 0.25) is 5.78 Å². The molecule has 7 N–H and O–H groups in total. The number of fused-ring (bicyclic) bond motifs is 3. The number of phenolic OH excluding ortho intramolecular Hbond substituents is 1. The first-order valence-electron chi connectivity index (χ1n) is 14.0. The maximum absolute atomic E-state index is 13.9. The Balaban J connectivity index is 1.42. The van der Waals surface area contributed by atoms with E-state index in [1.807, 2.05) is 18.2 Å². The van der Waals surface area contributed by atoms with Crippen molar-refractivity contribution in [3.8, 4) is 5.75 Å². The number of aliphatic hydroxyl groups is 3. The Kier molecular flexibility index (Phi) is 6.93. The SMILES string of the molecule is CN[C@@H]1C(O)=C(C(N)=O)C(=O)[C@@]2(O)C(O)=C3C(=O)c4c(O)cc(C5CCCN5Cc5ccccc5)c(Cl)c4C[C@H]3C[C@@H]12. The van der Waals surface area contributed by atoms with Crippen LogP contribution in [0.1, 0.15) is 52.4 Å². The number of carbonyl (C=O) groups excluding carboxylic acids is 3. The molecule has 2 aromatic rings. The predicted molar refractivity (Wildman–Crippen MR) is 153 cm³/mol. The van der Waals surface area contributed by atoms with Gasteiger partial charge in [0.1, 0.15) is 22.8 Å². The highest BCUT2D eigenvalue weighted by Gasteiger charge is 2.62. The molecule has 1 aliphatic heterocycles. The van der Waals surface area contributed by atoms with Crippen LogP contribution in [-0.2, 0) is 22.6 Å². The van der Waals surface area contributed by atoms with Gasteiger partial charge >= 0.3 is 0 Å². The number of hydrogen-bond donors (Lipinski definition) is 6. The number of benzene rings is 2. The molecule has 0 bridgehead atoms. The zero-order valence-corrected chi connectivity index (χ0v) is 23.7. The number of likely N-dealkylation sites (tertiary alicyclic amines) is 1. The van der Waals surface area contributed by atoms with Crippen LogP contribution in [0.5, 0.6) is 5.75 Å². The summed E-state index contributed by atoms with van der Waals surface area (Å²) < 4.78 is 0. The van der Waals surface area contributed by atoms with Crippen molar-refractivity contribution in [2.45, 2.75) is 49.9 Å². The number of halogens is 1. The van der Waals surface area contributed by atoms with Crippen LogP contribution in [0.3, 0.4) is 0 Å². The highest BCUT2D eigenvalue weighted by Crippen LogP contribution is 2.53. The molecule has 10 nitrogen and oxygen atoms in total. The number of nitrogens with one attached hydrogen (secondary N) is 1. The first-order valence-corrected chi connectivity index (χ1v) is 14.4. The minimum absolute atomic E-state index is 0.000693. The molecule has 4 aliphatic rings. The van der Waals surface area contributed by atoms with Crippen molar-refractivity contribution in [2.24, 2.45) is 17.6 Å². The fourth-order valence-electron chi connectivity index (χ4n) is 7.51. The number of likely N-dealkylation sites (N-methyl/N-ethyl adjacent to an activating group) is 1. The van der Waals surface area contributed by atoms with Gasteiger partial charge in [0.15, 0.2) is 11.4 Å². The van der Waals surface area contributed by atoms with Crippen molar-refractivity contribution < 1.29 is 34.8 Å². The highest BCUT2D eigenvalue weighted by molar-refractivity contribution is 6.33. The third-order valence-corrected chi connectivity index (χ3v) is 9.87. The summed E-state index contributed by atoms with van der Waals surface area (Å²) in [5.41, 5.74) is 3.82. The molecule has 1 heterocycles. The number of ketones is 2. The number of primary amides is 1. The van der Waals surface area contributed by atoms with Crippen LogP contribution in [0.25, 0.3) is 0 Å². The van der Waals surface area contributed by atoms with Crippen LogP contribution in [-0.4, -0.2) is 68.0 Å². The average Bonchev–Trinajstić information content (AvgIpc) is 3.40. The number of allylic oxidation sites excluding steroid dienone is 1. The van der Waals surface area contributed by atoms with Crippen molar-refractivity contribution in [1.29, 1.82) is 0 Å². The summed E-state index contributed by atoms with van der Waals surface area (Å²) in [6, 6.07) is 10.4. The van der Waals surface area contributed by atoms with Crippen molar-refractivity contribution in [1.82, 2.24) is 10.2 Å². The summed E-state index contributed by atoms with van der Waals surface area (Å²) in [6.07, 6.45) is 1.91. The number of aromatic hydroxyl groups is 1. The maximum Gasteiger partial charge on any atom is 0.255 e. The second kappa shape index (κ2) is 10.2. The lowest BCUT2D eigenvalue weighted by atomic mass is 9.58. The molecule has 0 aromatic heterocycles. The number of hydrogen-bond acceptors (Lipinski definition) is 9. The number of rotatable bonds is 5. The van der Waals surface area contributed by atoms with Crippen molar-refractivity contribution in [3.05, 3.63) is 86.3 Å². The molecule has 1 saturated heterocycles. The summed E-state index contributed by atoms with van der Waals surface area (Å²) in [4.78, 5) is 41.6. The molecule has 1 unspecified atom stereocenters. The summed E-state index contributed by atoms with van der Waals surface area (Å²) in [7, 11) is 1.47. The van der Waals surface area contributed by atoms with Gasteiger partial charge in [-0.2, -0.15) is 0 Å². The Morgan fingerprint density at radius 3 is 2.57 bits per heavy atom. The second-order valence-corrected chi connectivity index (χ2v) is 12.0. The van der Waals surface area contributed by atoms with Crippen molar-refractivity contribution in [3.63, 3.8) is 0 Å². The summed E-state index contributed by atoms with van der Waals surface area (Å²) >= 11 is 7.02. The molecule has 11 heteroatoms. The van der Waals surface area contributed by atoms with E-state index in [-0.39, 0.29) is 35.8 Å². The Morgan fingerprint density at radius 1 is 1.19 bits per heavy atom. The molecule has 0 saturated carbocycles. The van der Waals surface area contributed by atoms with Gasteiger partial charge in [-0.15, -0.1) is 0 Å². The lowest BCUT2D eigenvalue weighted by molar-refractivity contribution is -0.146. The molecule has 0 radical (unpaired) electrons. The molecule has 3 aliphatic carbocycles. The fourth-order valence-corrected chi connectivity index (χ4v) is 7.86. The van der Waals surface area contributed by atoms with Crippen LogP contribution in [0.2, 0.25) is 5.02 Å². The Hall–Kier alpha value is -3.70. The Labute approximate surface area is 247 Å². The maximum atomic E-state index is 13.9.